The number of carbonyl (C=O) groups is 2. The highest BCUT2D eigenvalue weighted by Gasteiger charge is 2.59. The molecule has 1 saturated heterocycles. The summed E-state index contributed by atoms with van der Waals surface area (Å²) in [4.78, 5) is 23.2. The monoisotopic (exact) mass is 341 g/mol. The number of benzene rings is 1. The van der Waals surface area contributed by atoms with Crippen LogP contribution in [-0.4, -0.2) is 36.9 Å². The minimum Gasteiger partial charge on any atom is -0.478 e. The van der Waals surface area contributed by atoms with Gasteiger partial charge in [0.15, 0.2) is 0 Å². The largest absolute Gasteiger partial charge is 0.478 e. The van der Waals surface area contributed by atoms with Crippen LogP contribution in [0, 0.1) is 17.2 Å². The smallest absolute Gasteiger partial charge is 0.335 e. The summed E-state index contributed by atoms with van der Waals surface area (Å²) >= 11 is 0. The molecule has 3 rings (SSSR count). The Hall–Kier alpha value is -1.96. The number of carboxylic acids is 1. The Morgan fingerprint density at radius 1 is 1.26 bits per heavy atom. The highest BCUT2D eigenvalue weighted by atomic mass is 32.2. The average molecular weight is 341 g/mol. The van der Waals surface area contributed by atoms with E-state index >= 15 is 0 Å². The molecule has 1 aliphatic carbocycles. The van der Waals surface area contributed by atoms with Crippen LogP contribution in [0.1, 0.15) is 29.6 Å². The molecule has 1 amide bonds. The Labute approximate surface area is 132 Å². The number of aromatic carboxylic acids is 1. The molecule has 2 aliphatic rings. The lowest BCUT2D eigenvalue weighted by atomic mass is 9.96. The van der Waals surface area contributed by atoms with E-state index in [1.54, 1.807) is 0 Å². The Morgan fingerprint density at radius 2 is 1.91 bits per heavy atom. The van der Waals surface area contributed by atoms with Gasteiger partial charge in [0.1, 0.15) is 15.7 Å². The van der Waals surface area contributed by atoms with Crippen LogP contribution in [-0.2, 0) is 14.6 Å². The number of hydrogen-bond donors (Lipinski definition) is 2. The second kappa shape index (κ2) is 5.30. The topological polar surface area (TPSA) is 101 Å². The number of rotatable bonds is 3. The second-order valence-electron chi connectivity index (χ2n) is 6.26. The van der Waals surface area contributed by atoms with Gasteiger partial charge in [0.05, 0.1) is 22.8 Å². The van der Waals surface area contributed by atoms with Gasteiger partial charge in [-0.2, -0.15) is 0 Å². The van der Waals surface area contributed by atoms with E-state index in [0.717, 1.165) is 18.2 Å². The summed E-state index contributed by atoms with van der Waals surface area (Å²) in [6.07, 6.45) is 1.49. The van der Waals surface area contributed by atoms with Crippen molar-refractivity contribution in [1.29, 1.82) is 0 Å². The maximum Gasteiger partial charge on any atom is 0.335 e. The summed E-state index contributed by atoms with van der Waals surface area (Å²) in [5, 5.41) is 11.3. The first kappa shape index (κ1) is 15.9. The lowest BCUT2D eigenvalue weighted by Crippen LogP contribution is -2.28. The quantitative estimate of drug-likeness (QED) is 0.871. The number of anilines is 1. The zero-order valence-electron chi connectivity index (χ0n) is 12.2. The van der Waals surface area contributed by atoms with Crippen molar-refractivity contribution in [2.24, 2.45) is 11.3 Å². The third-order valence-corrected chi connectivity index (χ3v) is 6.45. The number of carbonyl (C=O) groups excluding carboxylic acids is 1. The summed E-state index contributed by atoms with van der Waals surface area (Å²) in [5.74, 6) is -2.47. The van der Waals surface area contributed by atoms with Gasteiger partial charge in [-0.1, -0.05) is 0 Å². The number of sulfone groups is 1. The summed E-state index contributed by atoms with van der Waals surface area (Å²) in [7, 11) is -3.00. The molecular weight excluding hydrogens is 325 g/mol. The molecule has 1 atom stereocenters. The van der Waals surface area contributed by atoms with E-state index in [-0.39, 0.29) is 40.0 Å². The molecule has 2 fully saturated rings. The fraction of sp³-hybridized carbons (Fsp3) is 0.467. The maximum absolute atomic E-state index is 13.7. The molecule has 0 bridgehead atoms. The third-order valence-electron chi connectivity index (χ3n) is 4.80. The first-order chi connectivity index (χ1) is 10.7. The molecule has 1 spiro atoms. The predicted molar refractivity (Wildman–Crippen MR) is 80.4 cm³/mol. The molecule has 124 valence electrons. The van der Waals surface area contributed by atoms with Crippen molar-refractivity contribution in [3.8, 4) is 0 Å². The molecular formula is C15H16FNO5S. The van der Waals surface area contributed by atoms with Gasteiger partial charge in [0.2, 0.25) is 5.91 Å². The fourth-order valence-electron chi connectivity index (χ4n) is 3.19. The zero-order chi connectivity index (χ0) is 16.8. The van der Waals surface area contributed by atoms with E-state index in [4.69, 9.17) is 5.11 Å². The summed E-state index contributed by atoms with van der Waals surface area (Å²) in [5.41, 5.74) is -0.577. The Bertz CT molecular complexity index is 775. The van der Waals surface area contributed by atoms with Crippen molar-refractivity contribution in [2.45, 2.75) is 19.3 Å². The average Bonchev–Trinajstić information content (AvgIpc) is 3.19. The van der Waals surface area contributed by atoms with Crippen molar-refractivity contribution in [1.82, 2.24) is 0 Å². The fourth-order valence-corrected chi connectivity index (χ4v) is 4.83. The molecule has 1 unspecified atom stereocenters. The first-order valence-electron chi connectivity index (χ1n) is 7.27. The summed E-state index contributed by atoms with van der Waals surface area (Å²) in [6, 6.07) is 3.20. The van der Waals surface area contributed by atoms with Crippen LogP contribution in [0.4, 0.5) is 10.1 Å². The lowest BCUT2D eigenvalue weighted by molar-refractivity contribution is -0.118. The van der Waals surface area contributed by atoms with E-state index in [1.165, 1.54) is 0 Å². The van der Waals surface area contributed by atoms with E-state index in [9.17, 15) is 22.4 Å². The van der Waals surface area contributed by atoms with Crippen LogP contribution in [0.15, 0.2) is 18.2 Å². The molecule has 6 nitrogen and oxygen atoms in total. The maximum atomic E-state index is 13.7. The van der Waals surface area contributed by atoms with E-state index < -0.39 is 21.6 Å². The van der Waals surface area contributed by atoms with Gasteiger partial charge in [-0.05, 0) is 42.9 Å². The molecule has 1 aromatic carbocycles. The minimum atomic E-state index is -3.00. The molecule has 1 heterocycles. The van der Waals surface area contributed by atoms with E-state index in [2.05, 4.69) is 5.32 Å². The van der Waals surface area contributed by atoms with Gasteiger partial charge < -0.3 is 10.4 Å². The van der Waals surface area contributed by atoms with Gasteiger partial charge in [0, 0.05) is 5.92 Å². The molecule has 23 heavy (non-hydrogen) atoms. The van der Waals surface area contributed by atoms with Gasteiger partial charge in [-0.25, -0.2) is 17.6 Å². The lowest BCUT2D eigenvalue weighted by Gasteiger charge is -2.22. The van der Waals surface area contributed by atoms with Gasteiger partial charge in [-0.15, -0.1) is 0 Å². The standard InChI is InChI=1S/C15H16FNO5S/c16-11-2-1-9(14(19)20)7-12(11)17-13(18)10-8-15(10)3-5-23(21,22)6-4-15/h1-2,7,10H,3-6,8H2,(H,17,18)(H,19,20). The molecule has 0 radical (unpaired) electrons. The Balaban J connectivity index is 1.70. The van der Waals surface area contributed by atoms with Crippen molar-refractivity contribution in [2.75, 3.05) is 16.8 Å². The van der Waals surface area contributed by atoms with E-state index in [1.807, 2.05) is 0 Å². The number of amides is 1. The van der Waals surface area contributed by atoms with Crippen LogP contribution >= 0.6 is 0 Å². The number of nitrogens with one attached hydrogen (secondary N) is 1. The van der Waals surface area contributed by atoms with Gasteiger partial charge in [-0.3, -0.25) is 4.79 Å². The Morgan fingerprint density at radius 3 is 2.52 bits per heavy atom. The van der Waals surface area contributed by atoms with Crippen molar-refractivity contribution >= 4 is 27.4 Å². The minimum absolute atomic E-state index is 0.0830. The van der Waals surface area contributed by atoms with Crippen molar-refractivity contribution in [3.05, 3.63) is 29.6 Å². The van der Waals surface area contributed by atoms with Gasteiger partial charge in [0.25, 0.3) is 0 Å². The number of hydrogen-bond acceptors (Lipinski definition) is 4. The SMILES string of the molecule is O=C(O)c1ccc(F)c(NC(=O)C2CC23CCS(=O)(=O)CC3)c1. The molecule has 1 aliphatic heterocycles. The third kappa shape index (κ3) is 3.08. The molecule has 1 aromatic rings. The molecule has 1 saturated carbocycles. The Kier molecular flexibility index (Phi) is 3.66. The number of carboxylic acid groups (broad SMARTS) is 1. The van der Waals surface area contributed by atoms with Crippen LogP contribution < -0.4 is 5.32 Å². The van der Waals surface area contributed by atoms with Crippen LogP contribution in [0.2, 0.25) is 0 Å². The summed E-state index contributed by atoms with van der Waals surface area (Å²) < 4.78 is 36.7. The van der Waals surface area contributed by atoms with E-state index in [0.29, 0.717) is 19.3 Å². The first-order valence-corrected chi connectivity index (χ1v) is 9.09. The van der Waals surface area contributed by atoms with Crippen LogP contribution in [0.25, 0.3) is 0 Å². The predicted octanol–water partition coefficient (Wildman–Crippen LogP) is 1.68. The van der Waals surface area contributed by atoms with Crippen LogP contribution in [0.5, 0.6) is 0 Å². The summed E-state index contributed by atoms with van der Waals surface area (Å²) in [6.45, 7) is 0. The second-order valence-corrected chi connectivity index (χ2v) is 8.56. The van der Waals surface area contributed by atoms with Gasteiger partial charge >= 0.3 is 5.97 Å². The normalized spacial score (nSPS) is 24.1. The zero-order valence-corrected chi connectivity index (χ0v) is 13.0. The highest BCUT2D eigenvalue weighted by molar-refractivity contribution is 7.91. The molecule has 0 aromatic heterocycles. The van der Waals surface area contributed by atoms with Crippen molar-refractivity contribution in [3.63, 3.8) is 0 Å². The highest BCUT2D eigenvalue weighted by Crippen LogP contribution is 2.60. The molecule has 8 heteroatoms. The van der Waals surface area contributed by atoms with Crippen LogP contribution in [0.3, 0.4) is 0 Å². The number of halogens is 1. The molecule has 2 N–H and O–H groups in total. The van der Waals surface area contributed by atoms with Crippen molar-refractivity contribution < 1.29 is 27.5 Å².